The molecular formula is C15H20Si. The molecule has 0 aromatic carbocycles. The van der Waals surface area contributed by atoms with Crippen molar-refractivity contribution in [3.63, 3.8) is 0 Å². The molecule has 0 fully saturated rings. The second-order valence-corrected chi connectivity index (χ2v) is 10.7. The Morgan fingerprint density at radius 3 is 1.81 bits per heavy atom. The minimum Gasteiger partial charge on any atom is -0.0805 e. The van der Waals surface area contributed by atoms with E-state index in [1.165, 1.54) is 12.8 Å². The molecule has 0 spiro atoms. The third kappa shape index (κ3) is 1.05. The fourth-order valence-corrected chi connectivity index (χ4v) is 7.45. The lowest BCUT2D eigenvalue weighted by Crippen LogP contribution is -2.40. The monoisotopic (exact) mass is 228 g/mol. The molecule has 0 N–H and O–H groups in total. The van der Waals surface area contributed by atoms with Crippen molar-refractivity contribution in [2.75, 3.05) is 0 Å². The number of rotatable bonds is 0. The van der Waals surface area contributed by atoms with E-state index in [1.54, 1.807) is 21.5 Å². The van der Waals surface area contributed by atoms with Gasteiger partial charge >= 0.3 is 0 Å². The highest BCUT2D eigenvalue weighted by molar-refractivity contribution is 6.91. The van der Waals surface area contributed by atoms with Gasteiger partial charge in [-0.25, -0.2) is 0 Å². The van der Waals surface area contributed by atoms with Gasteiger partial charge in [-0.2, -0.15) is 0 Å². The molecule has 0 saturated heterocycles. The molecule has 0 radical (unpaired) electrons. The fraction of sp³-hybridized carbons (Fsp3) is 0.467. The Morgan fingerprint density at radius 2 is 1.38 bits per heavy atom. The molecule has 16 heavy (non-hydrogen) atoms. The van der Waals surface area contributed by atoms with Gasteiger partial charge in [0.15, 0.2) is 0 Å². The van der Waals surface area contributed by atoms with Crippen molar-refractivity contribution in [1.82, 2.24) is 0 Å². The van der Waals surface area contributed by atoms with Gasteiger partial charge in [0.1, 0.15) is 8.07 Å². The van der Waals surface area contributed by atoms with Gasteiger partial charge in [-0.1, -0.05) is 61.6 Å². The molecule has 1 aliphatic heterocycles. The average Bonchev–Trinajstić information content (AvgIpc) is 2.86. The Labute approximate surface area is 99.5 Å². The second kappa shape index (κ2) is 2.89. The molecular weight excluding hydrogens is 208 g/mol. The summed E-state index contributed by atoms with van der Waals surface area (Å²) in [7, 11) is -1.31. The van der Waals surface area contributed by atoms with Crippen molar-refractivity contribution < 1.29 is 0 Å². The predicted octanol–water partition coefficient (Wildman–Crippen LogP) is 4.33. The van der Waals surface area contributed by atoms with Crippen LogP contribution in [0.15, 0.2) is 45.8 Å². The van der Waals surface area contributed by atoms with Gasteiger partial charge in [0, 0.05) is 5.41 Å². The highest BCUT2D eigenvalue weighted by Crippen LogP contribution is 2.53. The lowest BCUT2D eigenvalue weighted by Gasteiger charge is -2.42. The van der Waals surface area contributed by atoms with E-state index in [0.717, 1.165) is 0 Å². The van der Waals surface area contributed by atoms with Crippen LogP contribution in [0.4, 0.5) is 0 Å². The third-order valence-electron chi connectivity index (χ3n) is 4.72. The molecule has 0 aromatic rings. The Morgan fingerprint density at radius 1 is 0.938 bits per heavy atom. The first-order valence-corrected chi connectivity index (χ1v) is 9.27. The molecule has 0 atom stereocenters. The Balaban J connectivity index is 2.26. The molecule has 0 amide bonds. The Hall–Kier alpha value is -0.823. The van der Waals surface area contributed by atoms with E-state index in [-0.39, 0.29) is 5.41 Å². The van der Waals surface area contributed by atoms with Gasteiger partial charge in [-0.15, -0.1) is 0 Å². The van der Waals surface area contributed by atoms with Crippen LogP contribution in [0.5, 0.6) is 0 Å². The first kappa shape index (κ1) is 10.3. The van der Waals surface area contributed by atoms with Crippen molar-refractivity contribution >= 4 is 8.07 Å². The minimum atomic E-state index is -1.31. The maximum Gasteiger partial charge on any atom is 0.104 e. The molecule has 1 heterocycles. The van der Waals surface area contributed by atoms with Gasteiger partial charge in [0.05, 0.1) is 0 Å². The zero-order chi connectivity index (χ0) is 11.6. The first-order chi connectivity index (χ1) is 7.45. The summed E-state index contributed by atoms with van der Waals surface area (Å²) in [6.07, 6.45) is 11.9. The van der Waals surface area contributed by atoms with Crippen molar-refractivity contribution in [2.45, 2.75) is 39.8 Å². The summed E-state index contributed by atoms with van der Waals surface area (Å²) in [5, 5.41) is 3.58. The van der Waals surface area contributed by atoms with E-state index in [9.17, 15) is 0 Å². The largest absolute Gasteiger partial charge is 0.104 e. The normalized spacial score (nSPS) is 28.8. The van der Waals surface area contributed by atoms with Gasteiger partial charge in [-0.05, 0) is 24.0 Å². The van der Waals surface area contributed by atoms with Crippen molar-refractivity contribution in [3.8, 4) is 0 Å². The highest BCUT2D eigenvalue weighted by Gasteiger charge is 2.45. The lowest BCUT2D eigenvalue weighted by molar-refractivity contribution is 0.559. The maximum absolute atomic E-state index is 2.53. The maximum atomic E-state index is 2.53. The molecule has 1 heteroatoms. The van der Waals surface area contributed by atoms with Crippen LogP contribution in [0.25, 0.3) is 0 Å². The van der Waals surface area contributed by atoms with Gasteiger partial charge in [0.25, 0.3) is 0 Å². The van der Waals surface area contributed by atoms with Crippen molar-refractivity contribution in [2.24, 2.45) is 5.41 Å². The molecule has 3 aliphatic rings. The van der Waals surface area contributed by atoms with Crippen LogP contribution in [-0.4, -0.2) is 8.07 Å². The summed E-state index contributed by atoms with van der Waals surface area (Å²) in [6, 6.07) is 0. The van der Waals surface area contributed by atoms with Crippen molar-refractivity contribution in [3.05, 3.63) is 45.8 Å². The van der Waals surface area contributed by atoms with Gasteiger partial charge in [-0.3, -0.25) is 0 Å². The topological polar surface area (TPSA) is 0 Å². The Bertz CT molecular complexity index is 440. The van der Waals surface area contributed by atoms with Crippen LogP contribution < -0.4 is 0 Å². The summed E-state index contributed by atoms with van der Waals surface area (Å²) in [5.41, 5.74) is 3.52. The van der Waals surface area contributed by atoms with Crippen LogP contribution in [0.3, 0.4) is 0 Å². The zero-order valence-electron chi connectivity index (χ0n) is 10.7. The SMILES string of the molecule is CC1(C)C2=C(CC=C2)[Si](C)(C)C2=C1C=CC2. The lowest BCUT2D eigenvalue weighted by atomic mass is 9.77. The van der Waals surface area contributed by atoms with E-state index >= 15 is 0 Å². The van der Waals surface area contributed by atoms with E-state index in [1.807, 2.05) is 0 Å². The van der Waals surface area contributed by atoms with Crippen LogP contribution in [0.2, 0.25) is 13.1 Å². The fourth-order valence-electron chi connectivity index (χ4n) is 3.69. The van der Waals surface area contributed by atoms with Gasteiger partial charge in [0.2, 0.25) is 0 Å². The molecule has 0 unspecified atom stereocenters. The molecule has 84 valence electrons. The summed E-state index contributed by atoms with van der Waals surface area (Å²) in [6.45, 7) is 9.86. The van der Waals surface area contributed by atoms with Gasteiger partial charge < -0.3 is 0 Å². The zero-order valence-corrected chi connectivity index (χ0v) is 11.7. The van der Waals surface area contributed by atoms with Crippen LogP contribution in [0, 0.1) is 5.41 Å². The summed E-state index contributed by atoms with van der Waals surface area (Å²) < 4.78 is 0. The molecule has 0 bridgehead atoms. The second-order valence-electron chi connectivity index (χ2n) is 6.25. The quantitative estimate of drug-likeness (QED) is 0.541. The number of allylic oxidation sites excluding steroid dienone is 8. The van der Waals surface area contributed by atoms with Crippen LogP contribution in [0.1, 0.15) is 26.7 Å². The van der Waals surface area contributed by atoms with Crippen LogP contribution in [-0.2, 0) is 0 Å². The van der Waals surface area contributed by atoms with E-state index in [4.69, 9.17) is 0 Å². The van der Waals surface area contributed by atoms with E-state index in [2.05, 4.69) is 51.2 Å². The summed E-state index contributed by atoms with van der Waals surface area (Å²) in [4.78, 5) is 0. The predicted molar refractivity (Wildman–Crippen MR) is 72.8 cm³/mol. The number of hydrogen-bond donors (Lipinski definition) is 0. The summed E-state index contributed by atoms with van der Waals surface area (Å²) >= 11 is 0. The van der Waals surface area contributed by atoms with Crippen molar-refractivity contribution in [1.29, 1.82) is 0 Å². The smallest absolute Gasteiger partial charge is 0.0805 e. The average molecular weight is 228 g/mol. The highest BCUT2D eigenvalue weighted by atomic mass is 28.3. The summed E-state index contributed by atoms with van der Waals surface area (Å²) in [5.74, 6) is 0. The number of hydrogen-bond acceptors (Lipinski definition) is 0. The Kier molecular flexibility index (Phi) is 1.87. The molecule has 0 saturated carbocycles. The molecule has 2 aliphatic carbocycles. The van der Waals surface area contributed by atoms with Crippen LogP contribution >= 0.6 is 0 Å². The van der Waals surface area contributed by atoms with E-state index < -0.39 is 8.07 Å². The minimum absolute atomic E-state index is 0.257. The standard InChI is InChI=1S/C15H20Si/c1-15(2)11-7-5-9-13(11)16(3,4)14-10-6-8-12(14)15/h5-8H,9-10H2,1-4H3. The molecule has 0 aromatic heterocycles. The van der Waals surface area contributed by atoms with E-state index in [0.29, 0.717) is 0 Å². The first-order valence-electron chi connectivity index (χ1n) is 6.27. The molecule has 3 rings (SSSR count). The third-order valence-corrected chi connectivity index (χ3v) is 8.68. The molecule has 0 nitrogen and oxygen atoms in total.